The quantitative estimate of drug-likeness (QED) is 0.600. The van der Waals surface area contributed by atoms with E-state index in [0.717, 1.165) is 0 Å². The van der Waals surface area contributed by atoms with Gasteiger partial charge in [0.1, 0.15) is 5.70 Å². The normalized spacial score (nSPS) is 11.1. The van der Waals surface area contributed by atoms with Gasteiger partial charge in [-0.05, 0) is 17.7 Å². The van der Waals surface area contributed by atoms with Crippen LogP contribution >= 0.6 is 11.6 Å². The predicted molar refractivity (Wildman–Crippen MR) is 55.6 cm³/mol. The Morgan fingerprint density at radius 1 is 1.50 bits per heavy atom. The second-order valence-corrected chi connectivity index (χ2v) is 3.02. The summed E-state index contributed by atoms with van der Waals surface area (Å²) in [5, 5.41) is 0.541. The first-order chi connectivity index (χ1) is 6.65. The third kappa shape index (κ3) is 2.50. The fourth-order valence-corrected chi connectivity index (χ4v) is 1.13. The highest BCUT2D eigenvalue weighted by Gasteiger charge is 2.04. The molecule has 0 aliphatic rings. The highest BCUT2D eigenvalue weighted by Crippen LogP contribution is 2.17. The number of carbonyl (C=O) groups excluding carboxylic acids is 1. The van der Waals surface area contributed by atoms with E-state index in [1.165, 1.54) is 13.2 Å². The van der Waals surface area contributed by atoms with Crippen molar-refractivity contribution in [2.24, 2.45) is 5.73 Å². The Balaban J connectivity index is 2.97. The van der Waals surface area contributed by atoms with E-state index >= 15 is 0 Å². The molecule has 2 N–H and O–H groups in total. The molecule has 14 heavy (non-hydrogen) atoms. The van der Waals surface area contributed by atoms with Crippen LogP contribution in [0.2, 0.25) is 5.02 Å². The van der Waals surface area contributed by atoms with E-state index in [0.29, 0.717) is 10.6 Å². The molecular weight excluding hydrogens is 202 g/mol. The van der Waals surface area contributed by atoms with Crippen molar-refractivity contribution in [2.75, 3.05) is 7.11 Å². The molecule has 0 saturated heterocycles. The molecule has 74 valence electrons. The number of halogens is 1. The van der Waals surface area contributed by atoms with E-state index in [-0.39, 0.29) is 5.70 Å². The molecule has 0 amide bonds. The van der Waals surface area contributed by atoms with Gasteiger partial charge in [-0.15, -0.1) is 0 Å². The summed E-state index contributed by atoms with van der Waals surface area (Å²) in [4.78, 5) is 11.0. The van der Waals surface area contributed by atoms with Crippen LogP contribution in [0.5, 0.6) is 0 Å². The average molecular weight is 212 g/mol. The summed E-state index contributed by atoms with van der Waals surface area (Å²) in [6, 6.07) is 7.09. The van der Waals surface area contributed by atoms with Gasteiger partial charge in [-0.2, -0.15) is 0 Å². The summed E-state index contributed by atoms with van der Waals surface area (Å²) in [6.07, 6.45) is 1.48. The standard InChI is InChI=1S/C10H10ClNO2/c1-14-10(13)9(12)6-7-4-2-3-5-8(7)11/h2-6H,12H2,1H3. The summed E-state index contributed by atoms with van der Waals surface area (Å²) in [5.41, 5.74) is 6.18. The zero-order valence-electron chi connectivity index (χ0n) is 7.66. The minimum atomic E-state index is -0.565. The smallest absolute Gasteiger partial charge is 0.353 e. The van der Waals surface area contributed by atoms with Crippen LogP contribution in [0, 0.1) is 0 Å². The van der Waals surface area contributed by atoms with Crippen LogP contribution in [-0.2, 0) is 9.53 Å². The van der Waals surface area contributed by atoms with Gasteiger partial charge >= 0.3 is 5.97 Å². The van der Waals surface area contributed by atoms with Gasteiger partial charge in [0.15, 0.2) is 0 Å². The number of rotatable bonds is 2. The zero-order chi connectivity index (χ0) is 10.6. The molecule has 0 atom stereocenters. The lowest BCUT2D eigenvalue weighted by atomic mass is 10.2. The van der Waals surface area contributed by atoms with Gasteiger partial charge in [0, 0.05) is 5.02 Å². The first-order valence-electron chi connectivity index (χ1n) is 3.95. The van der Waals surface area contributed by atoms with Gasteiger partial charge in [-0.25, -0.2) is 4.79 Å². The highest BCUT2D eigenvalue weighted by molar-refractivity contribution is 6.32. The average Bonchev–Trinajstić information content (AvgIpc) is 2.20. The Bertz CT molecular complexity index is 374. The monoisotopic (exact) mass is 211 g/mol. The summed E-state index contributed by atoms with van der Waals surface area (Å²) in [7, 11) is 1.27. The van der Waals surface area contributed by atoms with Crippen LogP contribution in [0.4, 0.5) is 0 Å². The lowest BCUT2D eigenvalue weighted by molar-refractivity contribution is -0.136. The fraction of sp³-hybridized carbons (Fsp3) is 0.100. The van der Waals surface area contributed by atoms with E-state index in [1.54, 1.807) is 18.2 Å². The lowest BCUT2D eigenvalue weighted by Crippen LogP contribution is -2.12. The molecule has 4 heteroatoms. The molecule has 0 bridgehead atoms. The van der Waals surface area contributed by atoms with Gasteiger partial charge in [-0.1, -0.05) is 29.8 Å². The SMILES string of the molecule is COC(=O)C(N)=Cc1ccccc1Cl. The number of hydrogen-bond acceptors (Lipinski definition) is 3. The first-order valence-corrected chi connectivity index (χ1v) is 4.33. The lowest BCUT2D eigenvalue weighted by Gasteiger charge is -2.00. The molecule has 0 aliphatic heterocycles. The largest absolute Gasteiger partial charge is 0.464 e. The van der Waals surface area contributed by atoms with E-state index in [1.807, 2.05) is 6.07 Å². The minimum absolute atomic E-state index is 0.0283. The van der Waals surface area contributed by atoms with Crippen molar-refractivity contribution in [1.29, 1.82) is 0 Å². The maximum Gasteiger partial charge on any atom is 0.353 e. The van der Waals surface area contributed by atoms with Crippen molar-refractivity contribution in [1.82, 2.24) is 0 Å². The molecule has 0 heterocycles. The Morgan fingerprint density at radius 3 is 2.71 bits per heavy atom. The van der Waals surface area contributed by atoms with E-state index < -0.39 is 5.97 Å². The van der Waals surface area contributed by atoms with Crippen LogP contribution in [0.25, 0.3) is 6.08 Å². The molecule has 3 nitrogen and oxygen atoms in total. The van der Waals surface area contributed by atoms with Gasteiger partial charge in [-0.3, -0.25) is 0 Å². The van der Waals surface area contributed by atoms with Gasteiger partial charge < -0.3 is 10.5 Å². The van der Waals surface area contributed by atoms with Gasteiger partial charge in [0.2, 0.25) is 0 Å². The Kier molecular flexibility index (Phi) is 3.54. The highest BCUT2D eigenvalue weighted by atomic mass is 35.5. The third-order valence-corrected chi connectivity index (χ3v) is 1.98. The van der Waals surface area contributed by atoms with Gasteiger partial charge in [0.05, 0.1) is 7.11 Å². The zero-order valence-corrected chi connectivity index (χ0v) is 8.41. The molecular formula is C10H10ClNO2. The second-order valence-electron chi connectivity index (χ2n) is 2.61. The third-order valence-electron chi connectivity index (χ3n) is 1.64. The molecule has 0 spiro atoms. The second kappa shape index (κ2) is 4.67. The minimum Gasteiger partial charge on any atom is -0.464 e. The predicted octanol–water partition coefficient (Wildman–Crippen LogP) is 1.81. The number of nitrogens with two attached hydrogens (primary N) is 1. The molecule has 0 saturated carbocycles. The van der Waals surface area contributed by atoms with Crippen molar-refractivity contribution >= 4 is 23.6 Å². The van der Waals surface area contributed by atoms with E-state index in [9.17, 15) is 4.79 Å². The fourth-order valence-electron chi connectivity index (χ4n) is 0.936. The topological polar surface area (TPSA) is 52.3 Å². The summed E-state index contributed by atoms with van der Waals surface area (Å²) in [5.74, 6) is -0.565. The van der Waals surface area contributed by atoms with Crippen LogP contribution in [0.3, 0.4) is 0 Å². The van der Waals surface area contributed by atoms with Crippen LogP contribution < -0.4 is 5.73 Å². The van der Waals surface area contributed by atoms with E-state index in [2.05, 4.69) is 4.74 Å². The molecule has 0 aliphatic carbocycles. The van der Waals surface area contributed by atoms with Crippen LogP contribution in [0.1, 0.15) is 5.56 Å². The molecule has 0 unspecified atom stereocenters. The van der Waals surface area contributed by atoms with Crippen LogP contribution in [-0.4, -0.2) is 13.1 Å². The number of ether oxygens (including phenoxy) is 1. The van der Waals surface area contributed by atoms with E-state index in [4.69, 9.17) is 17.3 Å². The molecule has 0 fully saturated rings. The van der Waals surface area contributed by atoms with Crippen molar-refractivity contribution in [3.8, 4) is 0 Å². The number of methoxy groups -OCH3 is 1. The van der Waals surface area contributed by atoms with Crippen LogP contribution in [0.15, 0.2) is 30.0 Å². The summed E-state index contributed by atoms with van der Waals surface area (Å²) < 4.78 is 4.45. The van der Waals surface area contributed by atoms with Gasteiger partial charge in [0.25, 0.3) is 0 Å². The molecule has 0 aromatic heterocycles. The molecule has 0 radical (unpaired) electrons. The number of carbonyl (C=O) groups is 1. The number of benzene rings is 1. The molecule has 1 aromatic carbocycles. The number of esters is 1. The number of hydrogen-bond donors (Lipinski definition) is 1. The first kappa shape index (κ1) is 10.6. The Hall–Kier alpha value is -1.48. The van der Waals surface area contributed by atoms with Crippen molar-refractivity contribution in [3.05, 3.63) is 40.5 Å². The molecule has 1 rings (SSSR count). The van der Waals surface area contributed by atoms with Crippen molar-refractivity contribution in [3.63, 3.8) is 0 Å². The summed E-state index contributed by atoms with van der Waals surface area (Å²) in [6.45, 7) is 0. The maximum absolute atomic E-state index is 11.0. The maximum atomic E-state index is 11.0. The Labute approximate surface area is 87.1 Å². The molecule has 1 aromatic rings. The van der Waals surface area contributed by atoms with Crippen molar-refractivity contribution in [2.45, 2.75) is 0 Å². The Morgan fingerprint density at radius 2 is 2.14 bits per heavy atom. The summed E-state index contributed by atoms with van der Waals surface area (Å²) >= 11 is 5.86. The van der Waals surface area contributed by atoms with Crippen molar-refractivity contribution < 1.29 is 9.53 Å².